The van der Waals surface area contributed by atoms with Gasteiger partial charge in [0.2, 0.25) is 0 Å². The maximum Gasteiger partial charge on any atom is 0.126 e. The third kappa shape index (κ3) is 2.04. The summed E-state index contributed by atoms with van der Waals surface area (Å²) in [5, 5.41) is 9.05. The first-order valence-electron chi connectivity index (χ1n) is 6.70. The first-order valence-corrected chi connectivity index (χ1v) is 6.70. The summed E-state index contributed by atoms with van der Waals surface area (Å²) in [6.45, 7) is 0. The third-order valence-corrected chi connectivity index (χ3v) is 3.91. The number of benzene rings is 2. The molecule has 1 aliphatic rings. The molecule has 1 unspecified atom stereocenters. The van der Waals surface area contributed by atoms with E-state index in [1.54, 1.807) is 13.2 Å². The number of methoxy groups -OCH3 is 1. The van der Waals surface area contributed by atoms with Gasteiger partial charge in [0.05, 0.1) is 18.7 Å². The van der Waals surface area contributed by atoms with E-state index in [9.17, 15) is 0 Å². The fraction of sp³-hybridized carbons (Fsp3) is 0.235. The molecule has 0 aromatic heterocycles. The molecule has 0 fully saturated rings. The SMILES string of the molecule is COc1ccc(C#N)cc1-c1ccc2c(c1)CCC2N. The van der Waals surface area contributed by atoms with Gasteiger partial charge in [-0.15, -0.1) is 0 Å². The van der Waals surface area contributed by atoms with Crippen molar-refractivity contribution in [3.8, 4) is 22.9 Å². The number of nitriles is 1. The van der Waals surface area contributed by atoms with Crippen molar-refractivity contribution in [2.24, 2.45) is 5.73 Å². The van der Waals surface area contributed by atoms with Gasteiger partial charge in [-0.2, -0.15) is 5.26 Å². The Labute approximate surface area is 118 Å². The minimum absolute atomic E-state index is 0.159. The number of nitrogens with two attached hydrogens (primary N) is 1. The lowest BCUT2D eigenvalue weighted by atomic mass is 9.98. The molecule has 0 radical (unpaired) electrons. The second-order valence-electron chi connectivity index (χ2n) is 5.09. The van der Waals surface area contributed by atoms with Gasteiger partial charge >= 0.3 is 0 Å². The van der Waals surface area contributed by atoms with Crippen LogP contribution in [-0.2, 0) is 6.42 Å². The van der Waals surface area contributed by atoms with Gasteiger partial charge in [-0.3, -0.25) is 0 Å². The first kappa shape index (κ1) is 12.7. The van der Waals surface area contributed by atoms with E-state index in [-0.39, 0.29) is 6.04 Å². The molecule has 0 saturated carbocycles. The fourth-order valence-electron chi connectivity index (χ4n) is 2.82. The molecule has 20 heavy (non-hydrogen) atoms. The molecule has 1 aliphatic carbocycles. The van der Waals surface area contributed by atoms with Gasteiger partial charge in [-0.1, -0.05) is 18.2 Å². The minimum atomic E-state index is 0.159. The van der Waals surface area contributed by atoms with Gasteiger partial charge < -0.3 is 10.5 Å². The van der Waals surface area contributed by atoms with E-state index < -0.39 is 0 Å². The largest absolute Gasteiger partial charge is 0.496 e. The lowest BCUT2D eigenvalue weighted by Crippen LogP contribution is -2.04. The average Bonchev–Trinajstić information content (AvgIpc) is 2.87. The Morgan fingerprint density at radius 3 is 2.85 bits per heavy atom. The van der Waals surface area contributed by atoms with Gasteiger partial charge in [-0.25, -0.2) is 0 Å². The summed E-state index contributed by atoms with van der Waals surface area (Å²) in [7, 11) is 1.65. The van der Waals surface area contributed by atoms with Crippen molar-refractivity contribution in [1.82, 2.24) is 0 Å². The Morgan fingerprint density at radius 1 is 1.25 bits per heavy atom. The molecule has 3 heteroatoms. The molecule has 0 spiro atoms. The van der Waals surface area contributed by atoms with Gasteiger partial charge in [0.15, 0.2) is 0 Å². The van der Waals surface area contributed by atoms with E-state index in [4.69, 9.17) is 15.7 Å². The Bertz CT molecular complexity index is 701. The number of hydrogen-bond donors (Lipinski definition) is 1. The molecule has 0 heterocycles. The average molecular weight is 264 g/mol. The van der Waals surface area contributed by atoms with Crippen LogP contribution >= 0.6 is 0 Å². The molecule has 3 nitrogen and oxygen atoms in total. The maximum atomic E-state index is 9.05. The second kappa shape index (κ2) is 4.99. The second-order valence-corrected chi connectivity index (χ2v) is 5.09. The standard InChI is InChI=1S/C17H16N2O/c1-20-17-7-2-11(10-18)8-15(17)13-3-5-14-12(9-13)4-6-16(14)19/h2-3,5,7-9,16H,4,6,19H2,1H3. The molecular weight excluding hydrogens is 248 g/mol. The summed E-state index contributed by atoms with van der Waals surface area (Å²) in [6, 6.07) is 14.1. The maximum absolute atomic E-state index is 9.05. The molecule has 0 saturated heterocycles. The van der Waals surface area contributed by atoms with Crippen LogP contribution in [0.15, 0.2) is 36.4 Å². The molecule has 1 atom stereocenters. The molecule has 2 N–H and O–H groups in total. The van der Waals surface area contributed by atoms with Crippen molar-refractivity contribution in [3.63, 3.8) is 0 Å². The van der Waals surface area contributed by atoms with Gasteiger partial charge in [0.25, 0.3) is 0 Å². The highest BCUT2D eigenvalue weighted by atomic mass is 16.5. The van der Waals surface area contributed by atoms with Crippen molar-refractivity contribution in [2.45, 2.75) is 18.9 Å². The highest BCUT2D eigenvalue weighted by Crippen LogP contribution is 2.36. The molecule has 2 aromatic rings. The van der Waals surface area contributed by atoms with Crippen molar-refractivity contribution in [1.29, 1.82) is 5.26 Å². The van der Waals surface area contributed by atoms with Crippen LogP contribution in [0.3, 0.4) is 0 Å². The van der Waals surface area contributed by atoms with E-state index in [1.165, 1.54) is 11.1 Å². The zero-order valence-corrected chi connectivity index (χ0v) is 11.4. The fourth-order valence-corrected chi connectivity index (χ4v) is 2.82. The van der Waals surface area contributed by atoms with Crippen molar-refractivity contribution in [3.05, 3.63) is 53.1 Å². The highest BCUT2D eigenvalue weighted by molar-refractivity contribution is 5.73. The summed E-state index contributed by atoms with van der Waals surface area (Å²) in [5.41, 5.74) is 11.3. The van der Waals surface area contributed by atoms with Crippen molar-refractivity contribution < 1.29 is 4.74 Å². The van der Waals surface area contributed by atoms with Crippen LogP contribution in [0.2, 0.25) is 0 Å². The predicted octanol–water partition coefficient (Wildman–Crippen LogP) is 3.18. The van der Waals surface area contributed by atoms with Crippen LogP contribution in [0.4, 0.5) is 0 Å². The highest BCUT2D eigenvalue weighted by Gasteiger charge is 2.19. The minimum Gasteiger partial charge on any atom is -0.496 e. The Hall–Kier alpha value is -2.31. The van der Waals surface area contributed by atoms with Gasteiger partial charge in [-0.05, 0) is 47.7 Å². The van der Waals surface area contributed by atoms with Crippen LogP contribution in [0, 0.1) is 11.3 Å². The Morgan fingerprint density at radius 2 is 2.10 bits per heavy atom. The zero-order chi connectivity index (χ0) is 14.1. The molecule has 0 bridgehead atoms. The van der Waals surface area contributed by atoms with E-state index in [2.05, 4.69) is 24.3 Å². The van der Waals surface area contributed by atoms with Crippen molar-refractivity contribution >= 4 is 0 Å². The summed E-state index contributed by atoms with van der Waals surface area (Å²) in [4.78, 5) is 0. The van der Waals surface area contributed by atoms with E-state index in [0.29, 0.717) is 5.56 Å². The molecule has 0 aliphatic heterocycles. The number of rotatable bonds is 2. The Kier molecular flexibility index (Phi) is 3.17. The van der Waals surface area contributed by atoms with E-state index in [1.807, 2.05) is 12.1 Å². The summed E-state index contributed by atoms with van der Waals surface area (Å²) in [6.07, 6.45) is 2.03. The topological polar surface area (TPSA) is 59.0 Å². The van der Waals surface area contributed by atoms with Crippen LogP contribution < -0.4 is 10.5 Å². The number of ether oxygens (including phenoxy) is 1. The van der Waals surface area contributed by atoms with Crippen LogP contribution in [-0.4, -0.2) is 7.11 Å². The van der Waals surface area contributed by atoms with E-state index in [0.717, 1.165) is 29.7 Å². The summed E-state index contributed by atoms with van der Waals surface area (Å²) < 4.78 is 5.41. The quantitative estimate of drug-likeness (QED) is 0.906. The molecule has 0 amide bonds. The number of nitrogens with zero attached hydrogens (tertiary/aromatic N) is 1. The van der Waals surface area contributed by atoms with Crippen molar-refractivity contribution in [2.75, 3.05) is 7.11 Å². The van der Waals surface area contributed by atoms with Gasteiger partial charge in [0.1, 0.15) is 5.75 Å². The number of aryl methyl sites for hydroxylation is 1. The monoisotopic (exact) mass is 264 g/mol. The van der Waals surface area contributed by atoms with Crippen LogP contribution in [0.1, 0.15) is 29.2 Å². The summed E-state index contributed by atoms with van der Waals surface area (Å²) >= 11 is 0. The summed E-state index contributed by atoms with van der Waals surface area (Å²) in [5.74, 6) is 0.784. The predicted molar refractivity (Wildman–Crippen MR) is 78.4 cm³/mol. The molecule has 100 valence electrons. The molecule has 3 rings (SSSR count). The third-order valence-electron chi connectivity index (χ3n) is 3.91. The van der Waals surface area contributed by atoms with Crippen LogP contribution in [0.25, 0.3) is 11.1 Å². The zero-order valence-electron chi connectivity index (χ0n) is 11.4. The molecule has 2 aromatic carbocycles. The van der Waals surface area contributed by atoms with E-state index >= 15 is 0 Å². The van der Waals surface area contributed by atoms with Gasteiger partial charge in [0, 0.05) is 11.6 Å². The first-order chi connectivity index (χ1) is 9.72. The van der Waals surface area contributed by atoms with Crippen LogP contribution in [0.5, 0.6) is 5.75 Å². The molecular formula is C17H16N2O. The normalized spacial score (nSPS) is 16.6. The lowest BCUT2D eigenvalue weighted by molar-refractivity contribution is 0.416. The number of fused-ring (bicyclic) bond motifs is 1. The Balaban J connectivity index is 2.12. The smallest absolute Gasteiger partial charge is 0.126 e. The number of hydrogen-bond acceptors (Lipinski definition) is 3. The lowest BCUT2D eigenvalue weighted by Gasteiger charge is -2.11.